The van der Waals surface area contributed by atoms with Crippen molar-refractivity contribution in [2.75, 3.05) is 6.54 Å². The number of hydrogen-bond acceptors (Lipinski definition) is 3. The Bertz CT molecular complexity index is 616. The molecule has 0 aromatic heterocycles. The molecule has 25 heavy (non-hydrogen) atoms. The molecule has 0 radical (unpaired) electrons. The minimum atomic E-state index is -0.831. The van der Waals surface area contributed by atoms with Crippen molar-refractivity contribution in [1.29, 1.82) is 0 Å². The third-order valence-electron chi connectivity index (χ3n) is 4.09. The van der Waals surface area contributed by atoms with E-state index >= 15 is 0 Å². The van der Waals surface area contributed by atoms with Crippen molar-refractivity contribution in [3.05, 3.63) is 35.4 Å². The number of rotatable bonds is 5. The Hall–Kier alpha value is -1.73. The largest absolute Gasteiger partial charge is 0.353 e. The standard InChI is InChI=1S/C17H23F2N3O2.ClH/c1-10-7-13(5-6-20-10)22-17(24)9-16(21-11(2)23)14-4-3-12(18)8-15(14)19;/h3-4,8,10,13,16,20H,5-7,9H2,1-2H3,(H,21,23)(H,22,24);1H. The predicted molar refractivity (Wildman–Crippen MR) is 93.4 cm³/mol. The zero-order valence-electron chi connectivity index (χ0n) is 14.3. The molecule has 1 heterocycles. The highest BCUT2D eigenvalue weighted by atomic mass is 35.5. The van der Waals surface area contributed by atoms with Crippen LogP contribution in [0.2, 0.25) is 0 Å². The second kappa shape index (κ2) is 9.68. The number of carbonyl (C=O) groups excluding carboxylic acids is 2. The molecule has 1 fully saturated rings. The van der Waals surface area contributed by atoms with E-state index in [1.807, 2.05) is 6.92 Å². The first-order valence-electron chi connectivity index (χ1n) is 8.10. The molecule has 2 amide bonds. The number of carbonyl (C=O) groups is 2. The lowest BCUT2D eigenvalue weighted by Crippen LogP contribution is -2.47. The van der Waals surface area contributed by atoms with Gasteiger partial charge >= 0.3 is 0 Å². The van der Waals surface area contributed by atoms with Crippen LogP contribution in [0, 0.1) is 11.6 Å². The van der Waals surface area contributed by atoms with Crippen LogP contribution in [0.1, 0.15) is 44.7 Å². The Kier molecular flexibility index (Phi) is 8.25. The van der Waals surface area contributed by atoms with E-state index in [2.05, 4.69) is 16.0 Å². The van der Waals surface area contributed by atoms with Gasteiger partial charge in [-0.25, -0.2) is 8.78 Å². The summed E-state index contributed by atoms with van der Waals surface area (Å²) in [5.41, 5.74) is 0.0976. The van der Waals surface area contributed by atoms with E-state index in [4.69, 9.17) is 0 Å². The highest BCUT2D eigenvalue weighted by Gasteiger charge is 2.24. The van der Waals surface area contributed by atoms with Crippen LogP contribution < -0.4 is 16.0 Å². The van der Waals surface area contributed by atoms with E-state index < -0.39 is 17.7 Å². The van der Waals surface area contributed by atoms with Crippen molar-refractivity contribution >= 4 is 24.2 Å². The van der Waals surface area contributed by atoms with Crippen LogP contribution in [-0.2, 0) is 9.59 Å². The van der Waals surface area contributed by atoms with Crippen molar-refractivity contribution in [3.8, 4) is 0 Å². The fourth-order valence-electron chi connectivity index (χ4n) is 3.00. The maximum atomic E-state index is 14.0. The minimum absolute atomic E-state index is 0. The average Bonchev–Trinajstić information content (AvgIpc) is 2.46. The lowest BCUT2D eigenvalue weighted by molar-refractivity contribution is -0.123. The predicted octanol–water partition coefficient (Wildman–Crippen LogP) is 2.21. The summed E-state index contributed by atoms with van der Waals surface area (Å²) in [6.07, 6.45) is 1.55. The SMILES string of the molecule is CC(=O)NC(CC(=O)NC1CCNC(C)C1)c1ccc(F)cc1F.Cl. The molecule has 0 spiro atoms. The van der Waals surface area contributed by atoms with Gasteiger partial charge < -0.3 is 16.0 Å². The van der Waals surface area contributed by atoms with E-state index in [1.54, 1.807) is 0 Å². The Balaban J connectivity index is 0.00000312. The van der Waals surface area contributed by atoms with Gasteiger partial charge in [-0.2, -0.15) is 0 Å². The number of nitrogens with one attached hydrogen (secondary N) is 3. The van der Waals surface area contributed by atoms with Gasteiger partial charge in [0, 0.05) is 30.6 Å². The molecule has 1 aliphatic rings. The lowest BCUT2D eigenvalue weighted by Gasteiger charge is -2.29. The molecule has 8 heteroatoms. The second-order valence-electron chi connectivity index (χ2n) is 6.27. The number of halogens is 3. The molecule has 1 saturated heterocycles. The quantitative estimate of drug-likeness (QED) is 0.739. The van der Waals surface area contributed by atoms with Gasteiger partial charge in [0.15, 0.2) is 0 Å². The molecule has 1 aliphatic heterocycles. The molecule has 1 aromatic carbocycles. The summed E-state index contributed by atoms with van der Waals surface area (Å²) in [6, 6.07) is 2.66. The molecule has 3 N–H and O–H groups in total. The average molecular weight is 376 g/mol. The third kappa shape index (κ3) is 6.59. The van der Waals surface area contributed by atoms with Gasteiger partial charge in [-0.1, -0.05) is 6.07 Å². The van der Waals surface area contributed by atoms with Gasteiger partial charge in [0.05, 0.1) is 12.5 Å². The van der Waals surface area contributed by atoms with Crippen LogP contribution in [-0.4, -0.2) is 30.4 Å². The number of amides is 2. The minimum Gasteiger partial charge on any atom is -0.353 e. The van der Waals surface area contributed by atoms with E-state index in [1.165, 1.54) is 13.0 Å². The van der Waals surface area contributed by atoms with Gasteiger partial charge in [-0.05, 0) is 32.4 Å². The summed E-state index contributed by atoms with van der Waals surface area (Å²) in [5.74, 6) is -2.13. The van der Waals surface area contributed by atoms with Crippen molar-refractivity contribution < 1.29 is 18.4 Å². The zero-order chi connectivity index (χ0) is 17.7. The molecule has 3 atom stereocenters. The Morgan fingerprint density at radius 2 is 2.08 bits per heavy atom. The van der Waals surface area contributed by atoms with Gasteiger partial charge in [0.25, 0.3) is 0 Å². The second-order valence-corrected chi connectivity index (χ2v) is 6.27. The van der Waals surface area contributed by atoms with Crippen molar-refractivity contribution in [1.82, 2.24) is 16.0 Å². The van der Waals surface area contributed by atoms with E-state index in [0.717, 1.165) is 31.5 Å². The fraction of sp³-hybridized carbons (Fsp3) is 0.529. The molecule has 0 aliphatic carbocycles. The Labute approximate surface area is 152 Å². The van der Waals surface area contributed by atoms with Crippen LogP contribution >= 0.6 is 12.4 Å². The zero-order valence-corrected chi connectivity index (χ0v) is 15.1. The smallest absolute Gasteiger partial charge is 0.222 e. The molecule has 140 valence electrons. The first-order chi connectivity index (χ1) is 11.3. The van der Waals surface area contributed by atoms with Crippen molar-refractivity contribution in [3.63, 3.8) is 0 Å². The monoisotopic (exact) mass is 375 g/mol. The first kappa shape index (κ1) is 21.3. The maximum Gasteiger partial charge on any atom is 0.222 e. The highest BCUT2D eigenvalue weighted by molar-refractivity contribution is 5.85. The van der Waals surface area contributed by atoms with Gasteiger partial charge in [-0.15, -0.1) is 12.4 Å². The topological polar surface area (TPSA) is 70.2 Å². The summed E-state index contributed by atoms with van der Waals surface area (Å²) in [5, 5.41) is 8.78. The first-order valence-corrected chi connectivity index (χ1v) is 8.10. The summed E-state index contributed by atoms with van der Waals surface area (Å²) in [6.45, 7) is 4.17. The van der Waals surface area contributed by atoms with E-state index in [-0.39, 0.29) is 42.2 Å². The number of hydrogen-bond donors (Lipinski definition) is 3. The Morgan fingerprint density at radius 1 is 1.36 bits per heavy atom. The van der Waals surface area contributed by atoms with Crippen LogP contribution in [0.3, 0.4) is 0 Å². The van der Waals surface area contributed by atoms with E-state index in [9.17, 15) is 18.4 Å². The number of benzene rings is 1. The molecular formula is C17H24ClF2N3O2. The van der Waals surface area contributed by atoms with Gasteiger partial charge in [-0.3, -0.25) is 9.59 Å². The molecule has 2 rings (SSSR count). The number of piperidine rings is 1. The van der Waals surface area contributed by atoms with Crippen LogP contribution in [0.4, 0.5) is 8.78 Å². The fourth-order valence-corrected chi connectivity index (χ4v) is 3.00. The van der Waals surface area contributed by atoms with Crippen molar-refractivity contribution in [2.24, 2.45) is 0 Å². The maximum absolute atomic E-state index is 14.0. The summed E-state index contributed by atoms with van der Waals surface area (Å²) >= 11 is 0. The van der Waals surface area contributed by atoms with Crippen LogP contribution in [0.15, 0.2) is 18.2 Å². The molecule has 5 nitrogen and oxygen atoms in total. The third-order valence-corrected chi connectivity index (χ3v) is 4.09. The molecule has 0 saturated carbocycles. The lowest BCUT2D eigenvalue weighted by atomic mass is 9.99. The summed E-state index contributed by atoms with van der Waals surface area (Å²) < 4.78 is 27.0. The normalized spacial score (nSPS) is 21.0. The highest BCUT2D eigenvalue weighted by Crippen LogP contribution is 2.21. The van der Waals surface area contributed by atoms with Crippen molar-refractivity contribution in [2.45, 2.75) is 51.2 Å². The summed E-state index contributed by atoms with van der Waals surface area (Å²) in [7, 11) is 0. The molecular weight excluding hydrogens is 352 g/mol. The molecule has 1 aromatic rings. The van der Waals surface area contributed by atoms with Gasteiger partial charge in [0.2, 0.25) is 11.8 Å². The molecule has 0 bridgehead atoms. The van der Waals surface area contributed by atoms with Crippen LogP contribution in [0.25, 0.3) is 0 Å². The van der Waals surface area contributed by atoms with Gasteiger partial charge in [0.1, 0.15) is 11.6 Å². The molecule has 3 unspecified atom stereocenters. The summed E-state index contributed by atoms with van der Waals surface area (Å²) in [4.78, 5) is 23.7. The Morgan fingerprint density at radius 3 is 2.68 bits per heavy atom. The van der Waals surface area contributed by atoms with E-state index in [0.29, 0.717) is 6.04 Å². The van der Waals surface area contributed by atoms with Crippen LogP contribution in [0.5, 0.6) is 0 Å².